The molecule has 0 saturated carbocycles. The zero-order valence-electron chi connectivity index (χ0n) is 13.0. The number of hydrogen-bond acceptors (Lipinski definition) is 6. The van der Waals surface area contributed by atoms with Crippen LogP contribution in [0.1, 0.15) is 41.5 Å². The van der Waals surface area contributed by atoms with Gasteiger partial charge in [-0.05, 0) is 39.8 Å². The second-order valence-corrected chi connectivity index (χ2v) is 5.89. The van der Waals surface area contributed by atoms with Gasteiger partial charge in [0, 0.05) is 19.2 Å². The average molecular weight is 289 g/mol. The van der Waals surface area contributed by atoms with Gasteiger partial charge in [0.2, 0.25) is 0 Å². The molecule has 8 nitrogen and oxygen atoms in total. The van der Waals surface area contributed by atoms with Crippen LogP contribution in [0.4, 0.5) is 0 Å². The van der Waals surface area contributed by atoms with Crippen LogP contribution >= 0.6 is 0 Å². The second-order valence-electron chi connectivity index (χ2n) is 5.89. The maximum atomic E-state index is 11.6. The molecule has 0 aromatic carbocycles. The van der Waals surface area contributed by atoms with Gasteiger partial charge in [0.15, 0.2) is 5.54 Å². The molecule has 0 heterocycles. The fraction of sp³-hybridized carbons (Fsp3) is 0.833. The zero-order chi connectivity index (χ0) is 16.1. The molecule has 0 fully saturated rings. The molecule has 0 radical (unpaired) electrons. The molecule has 1 unspecified atom stereocenters. The first-order valence-electron chi connectivity index (χ1n) is 6.14. The van der Waals surface area contributed by atoms with Gasteiger partial charge in [-0.2, -0.15) is 0 Å². The number of carbonyl (C=O) groups excluding carboxylic acids is 1. The van der Waals surface area contributed by atoms with Crippen molar-refractivity contribution in [2.75, 3.05) is 7.05 Å². The zero-order valence-corrected chi connectivity index (χ0v) is 13.0. The summed E-state index contributed by atoms with van der Waals surface area (Å²) < 4.78 is 4.98. The first-order valence-corrected chi connectivity index (χ1v) is 6.14. The lowest BCUT2D eigenvalue weighted by Gasteiger charge is -2.27. The smallest absolute Gasteiger partial charge is 0.330 e. The minimum Gasteiger partial charge on any atom is -0.479 e. The Hall–Kier alpha value is -1.86. The third-order valence-electron chi connectivity index (χ3n) is 2.58. The van der Waals surface area contributed by atoms with E-state index in [1.807, 2.05) is 0 Å². The molecule has 0 saturated heterocycles. The Labute approximate surface area is 118 Å². The Kier molecular flexibility index (Phi) is 5.93. The molecule has 0 aromatic heterocycles. The molecule has 0 aliphatic heterocycles. The molecule has 0 aromatic rings. The highest BCUT2D eigenvalue weighted by Gasteiger charge is 2.32. The predicted octanol–water partition coefficient (Wildman–Crippen LogP) is 2.02. The van der Waals surface area contributed by atoms with Gasteiger partial charge in [-0.3, -0.25) is 9.80 Å². The number of carbonyl (C=O) groups is 2. The van der Waals surface area contributed by atoms with Crippen LogP contribution in [0.25, 0.3) is 0 Å². The Morgan fingerprint density at radius 1 is 1.20 bits per heavy atom. The van der Waals surface area contributed by atoms with Gasteiger partial charge in [0.05, 0.1) is 5.41 Å². The molecular weight excluding hydrogens is 266 g/mol. The Balaban J connectivity index is 4.39. The van der Waals surface area contributed by atoms with Crippen LogP contribution in [0, 0.1) is 5.41 Å². The summed E-state index contributed by atoms with van der Waals surface area (Å²) in [6.07, 6.45) is -0.910. The molecule has 8 heteroatoms. The van der Waals surface area contributed by atoms with Gasteiger partial charge < -0.3 is 14.7 Å². The molecule has 1 N–H and O–H groups in total. The number of hydrogen-bond donors (Lipinski definition) is 1. The van der Waals surface area contributed by atoms with E-state index in [2.05, 4.69) is 10.5 Å². The highest BCUT2D eigenvalue weighted by Crippen LogP contribution is 2.17. The number of carboxylic acid groups (broad SMARTS) is 1. The topological polar surface area (TPSA) is 101 Å². The Morgan fingerprint density at radius 3 is 2.10 bits per heavy atom. The van der Waals surface area contributed by atoms with Crippen molar-refractivity contribution in [3.8, 4) is 0 Å². The minimum absolute atomic E-state index is 0.431. The number of esters is 1. The van der Waals surface area contributed by atoms with Crippen molar-refractivity contribution in [3.05, 3.63) is 0 Å². The molecule has 116 valence electrons. The summed E-state index contributed by atoms with van der Waals surface area (Å²) in [4.78, 5) is 27.4. The van der Waals surface area contributed by atoms with Crippen molar-refractivity contribution in [2.45, 2.75) is 53.4 Å². The summed E-state index contributed by atoms with van der Waals surface area (Å²) >= 11 is 0. The van der Waals surface area contributed by atoms with Crippen LogP contribution in [0.5, 0.6) is 0 Å². The number of likely N-dealkylation sites (N-methyl/N-ethyl adjacent to an activating group) is 1. The highest BCUT2D eigenvalue weighted by molar-refractivity contribution is 5.77. The predicted molar refractivity (Wildman–Crippen MR) is 70.4 cm³/mol. The van der Waals surface area contributed by atoms with Gasteiger partial charge in [0.25, 0.3) is 6.29 Å². The first kappa shape index (κ1) is 18.1. The van der Waals surface area contributed by atoms with Crippen molar-refractivity contribution in [2.24, 2.45) is 15.9 Å². The maximum absolute atomic E-state index is 11.6. The Morgan fingerprint density at radius 2 is 1.70 bits per heavy atom. The number of rotatable bonds is 6. The fourth-order valence-electron chi connectivity index (χ4n) is 0.741. The van der Waals surface area contributed by atoms with Crippen LogP contribution in [0.15, 0.2) is 10.5 Å². The molecule has 0 rings (SSSR count). The van der Waals surface area contributed by atoms with Crippen LogP contribution in [-0.2, 0) is 19.2 Å². The number of aliphatic carboxylic acids is 1. The molecule has 20 heavy (non-hydrogen) atoms. The number of nitrogens with zero attached hydrogens (tertiary/aromatic N) is 3. The molecule has 0 bridgehead atoms. The summed E-state index contributed by atoms with van der Waals surface area (Å²) in [5.74, 6) is -1.48. The maximum Gasteiger partial charge on any atom is 0.330 e. The third kappa shape index (κ3) is 5.41. The summed E-state index contributed by atoms with van der Waals surface area (Å²) in [6.45, 7) is 9.58. The monoisotopic (exact) mass is 289 g/mol. The van der Waals surface area contributed by atoms with Crippen molar-refractivity contribution in [1.82, 2.24) is 5.01 Å². The van der Waals surface area contributed by atoms with Gasteiger partial charge in [-0.15, -0.1) is 0 Å². The van der Waals surface area contributed by atoms with E-state index in [9.17, 15) is 9.59 Å². The molecule has 0 spiro atoms. The van der Waals surface area contributed by atoms with Gasteiger partial charge in [-0.1, -0.05) is 0 Å². The fourth-order valence-corrected chi connectivity index (χ4v) is 0.741. The standard InChI is InChI=1S/C12H23N3O5/c1-8(19-10(18)11(2,3)4)20-14-13-15(7)12(5,6)9(16)17/h8H,1-7H3,(H,16,17). The van der Waals surface area contributed by atoms with E-state index in [-0.39, 0.29) is 0 Å². The molecular formula is C12H23N3O5. The molecule has 1 atom stereocenters. The second kappa shape index (κ2) is 6.53. The van der Waals surface area contributed by atoms with E-state index in [1.165, 1.54) is 27.8 Å². The summed E-state index contributed by atoms with van der Waals surface area (Å²) in [6, 6.07) is 0. The lowest BCUT2D eigenvalue weighted by Crippen LogP contribution is -2.44. The molecule has 0 aliphatic carbocycles. The molecule has 0 amide bonds. The van der Waals surface area contributed by atoms with Crippen molar-refractivity contribution in [1.29, 1.82) is 0 Å². The highest BCUT2D eigenvalue weighted by atomic mass is 16.8. The van der Waals surface area contributed by atoms with Crippen LogP contribution in [0.2, 0.25) is 0 Å². The van der Waals surface area contributed by atoms with E-state index in [0.717, 1.165) is 5.01 Å². The summed E-state index contributed by atoms with van der Waals surface area (Å²) in [7, 11) is 1.45. The normalized spacial score (nSPS) is 13.9. The lowest BCUT2D eigenvalue weighted by atomic mass is 9.97. The average Bonchev–Trinajstić information content (AvgIpc) is 2.26. The van der Waals surface area contributed by atoms with E-state index in [0.29, 0.717) is 0 Å². The number of carboxylic acids is 1. The van der Waals surface area contributed by atoms with Crippen LogP contribution in [0.3, 0.4) is 0 Å². The van der Waals surface area contributed by atoms with Crippen molar-refractivity contribution in [3.63, 3.8) is 0 Å². The van der Waals surface area contributed by atoms with Crippen LogP contribution < -0.4 is 0 Å². The summed E-state index contributed by atoms with van der Waals surface area (Å²) in [5, 5.41) is 17.1. The largest absolute Gasteiger partial charge is 0.479 e. The SMILES string of the molecule is CC(ON=NN(C)C(C)(C)C(=O)O)OC(=O)C(C)(C)C. The van der Waals surface area contributed by atoms with E-state index in [4.69, 9.17) is 14.7 Å². The van der Waals surface area contributed by atoms with Gasteiger partial charge in [0.1, 0.15) is 0 Å². The van der Waals surface area contributed by atoms with Crippen LogP contribution in [-0.4, -0.2) is 40.9 Å². The quantitative estimate of drug-likeness (QED) is 0.347. The van der Waals surface area contributed by atoms with Crippen molar-refractivity contribution >= 4 is 11.9 Å². The van der Waals surface area contributed by atoms with Gasteiger partial charge >= 0.3 is 11.9 Å². The Bertz CT molecular complexity index is 387. The minimum atomic E-state index is -1.22. The third-order valence-corrected chi connectivity index (χ3v) is 2.58. The van der Waals surface area contributed by atoms with E-state index < -0.39 is 29.2 Å². The van der Waals surface area contributed by atoms with E-state index in [1.54, 1.807) is 20.8 Å². The van der Waals surface area contributed by atoms with Gasteiger partial charge in [-0.25, -0.2) is 4.79 Å². The first-order chi connectivity index (χ1) is 8.89. The summed E-state index contributed by atoms with van der Waals surface area (Å²) in [5.41, 5.74) is -1.87. The lowest BCUT2D eigenvalue weighted by molar-refractivity contribution is -0.187. The number of ether oxygens (including phenoxy) is 1. The van der Waals surface area contributed by atoms with E-state index >= 15 is 0 Å². The van der Waals surface area contributed by atoms with Crippen molar-refractivity contribution < 1.29 is 24.3 Å². The molecule has 0 aliphatic rings.